The molecule has 0 radical (unpaired) electrons. The number of piperidine rings is 1. The summed E-state index contributed by atoms with van der Waals surface area (Å²) in [7, 11) is 0. The lowest BCUT2D eigenvalue weighted by molar-refractivity contribution is 0.372. The van der Waals surface area contributed by atoms with E-state index in [4.69, 9.17) is 0 Å². The lowest BCUT2D eigenvalue weighted by atomic mass is 9.91. The van der Waals surface area contributed by atoms with E-state index in [1.54, 1.807) is 0 Å². The third-order valence-electron chi connectivity index (χ3n) is 3.29. The summed E-state index contributed by atoms with van der Waals surface area (Å²) < 4.78 is 21.1. The van der Waals surface area contributed by atoms with Gasteiger partial charge in [-0.25, -0.2) is 0 Å². The first-order chi connectivity index (χ1) is 8.24. The molecule has 3 nitrogen and oxygen atoms in total. The van der Waals surface area contributed by atoms with Gasteiger partial charge in [-0.2, -0.15) is 0 Å². The molecule has 1 atom stereocenters. The fourth-order valence-corrected chi connectivity index (χ4v) is 2.79. The number of hydrogen-bond donors (Lipinski definition) is 1. The molecule has 1 aromatic rings. The summed E-state index contributed by atoms with van der Waals surface area (Å²) in [6.07, 6.45) is 3.60. The van der Waals surface area contributed by atoms with Crippen LogP contribution in [0.4, 0.5) is 0 Å². The van der Waals surface area contributed by atoms with Crippen molar-refractivity contribution >= 4 is 11.1 Å². The number of rotatable bonds is 4. The molecular formula is C13H18NO2S-. The van der Waals surface area contributed by atoms with Crippen LogP contribution in [0.5, 0.6) is 0 Å². The Balaban J connectivity index is 1.90. The first-order valence-electron chi connectivity index (χ1n) is 6.08. The van der Waals surface area contributed by atoms with Crippen LogP contribution in [-0.4, -0.2) is 21.9 Å². The van der Waals surface area contributed by atoms with Gasteiger partial charge in [-0.3, -0.25) is 4.21 Å². The smallest absolute Gasteiger partial charge is 0.0353 e. The maximum atomic E-state index is 10.6. The van der Waals surface area contributed by atoms with Crippen LogP contribution in [-0.2, 0) is 23.3 Å². The first-order valence-corrected chi connectivity index (χ1v) is 7.33. The normalized spacial score (nSPS) is 19.1. The van der Waals surface area contributed by atoms with Crippen LogP contribution >= 0.6 is 0 Å². The number of nitrogens with one attached hydrogen (secondary N) is 1. The van der Waals surface area contributed by atoms with Crippen molar-refractivity contribution in [1.82, 2.24) is 5.32 Å². The highest BCUT2D eigenvalue weighted by Crippen LogP contribution is 2.18. The predicted octanol–water partition coefficient (Wildman–Crippen LogP) is 1.61. The van der Waals surface area contributed by atoms with Crippen LogP contribution in [0.1, 0.15) is 24.0 Å². The second-order valence-corrected chi connectivity index (χ2v) is 5.56. The summed E-state index contributed by atoms with van der Waals surface area (Å²) in [5.74, 6) is 0.893. The van der Waals surface area contributed by atoms with E-state index in [2.05, 4.69) is 17.4 Å². The van der Waals surface area contributed by atoms with Gasteiger partial charge in [-0.15, -0.1) is 0 Å². The van der Waals surface area contributed by atoms with Crippen LogP contribution in [0, 0.1) is 5.92 Å². The molecule has 0 saturated carbocycles. The average molecular weight is 252 g/mol. The SMILES string of the molecule is O=S([O-])Cc1ccc(CC2CCNCC2)cc1. The second-order valence-electron chi connectivity index (χ2n) is 4.66. The van der Waals surface area contributed by atoms with Crippen molar-refractivity contribution in [3.8, 4) is 0 Å². The summed E-state index contributed by atoms with van der Waals surface area (Å²) in [6.45, 7) is 2.25. The van der Waals surface area contributed by atoms with Gasteiger partial charge in [0.25, 0.3) is 0 Å². The Bertz CT molecular complexity index is 372. The average Bonchev–Trinajstić information content (AvgIpc) is 2.32. The Kier molecular flexibility index (Phi) is 4.71. The summed E-state index contributed by atoms with van der Waals surface area (Å²) in [4.78, 5) is 0. The van der Waals surface area contributed by atoms with Gasteiger partial charge in [0.2, 0.25) is 0 Å². The van der Waals surface area contributed by atoms with E-state index in [0.29, 0.717) is 0 Å². The molecule has 1 N–H and O–H groups in total. The summed E-state index contributed by atoms with van der Waals surface area (Å²) >= 11 is -1.99. The van der Waals surface area contributed by atoms with Gasteiger partial charge in [0.05, 0.1) is 0 Å². The van der Waals surface area contributed by atoms with E-state index < -0.39 is 11.1 Å². The topological polar surface area (TPSA) is 52.2 Å². The zero-order valence-corrected chi connectivity index (χ0v) is 10.7. The standard InChI is InChI=1S/C13H19NO2S/c15-17(16)10-13-3-1-11(2-4-13)9-12-5-7-14-8-6-12/h1-4,12,14H,5-10H2,(H,15,16)/p-1. The van der Waals surface area contributed by atoms with E-state index in [-0.39, 0.29) is 5.75 Å². The van der Waals surface area contributed by atoms with Crippen molar-refractivity contribution in [2.75, 3.05) is 13.1 Å². The minimum atomic E-state index is -1.99. The second kappa shape index (κ2) is 6.28. The largest absolute Gasteiger partial charge is 0.772 e. The summed E-state index contributed by atoms with van der Waals surface area (Å²) in [5, 5.41) is 3.36. The summed E-state index contributed by atoms with van der Waals surface area (Å²) in [6, 6.07) is 7.97. The number of hydrogen-bond acceptors (Lipinski definition) is 3. The predicted molar refractivity (Wildman–Crippen MR) is 68.4 cm³/mol. The van der Waals surface area contributed by atoms with Crippen molar-refractivity contribution < 1.29 is 8.76 Å². The Morgan fingerprint density at radius 2 is 1.76 bits per heavy atom. The molecule has 17 heavy (non-hydrogen) atoms. The highest BCUT2D eigenvalue weighted by atomic mass is 32.2. The molecule has 1 heterocycles. The molecule has 1 aromatic carbocycles. The van der Waals surface area contributed by atoms with E-state index in [1.807, 2.05) is 12.1 Å². The minimum absolute atomic E-state index is 0.119. The molecule has 0 bridgehead atoms. The highest BCUT2D eigenvalue weighted by molar-refractivity contribution is 7.78. The minimum Gasteiger partial charge on any atom is -0.772 e. The Morgan fingerprint density at radius 1 is 1.18 bits per heavy atom. The van der Waals surface area contributed by atoms with Gasteiger partial charge >= 0.3 is 0 Å². The Labute approximate surface area is 105 Å². The molecule has 4 heteroatoms. The molecular weight excluding hydrogens is 234 g/mol. The molecule has 0 aromatic heterocycles. The molecule has 0 spiro atoms. The molecule has 1 fully saturated rings. The summed E-state index contributed by atoms with van der Waals surface area (Å²) in [5.41, 5.74) is 2.18. The Hall–Kier alpha value is -0.710. The van der Waals surface area contributed by atoms with Crippen molar-refractivity contribution in [3.05, 3.63) is 35.4 Å². The van der Waals surface area contributed by atoms with E-state index in [0.717, 1.165) is 31.0 Å². The third kappa shape index (κ3) is 4.22. The fourth-order valence-electron chi connectivity index (χ4n) is 2.33. The van der Waals surface area contributed by atoms with Gasteiger partial charge < -0.3 is 9.87 Å². The van der Waals surface area contributed by atoms with Crippen LogP contribution < -0.4 is 5.32 Å². The van der Waals surface area contributed by atoms with Crippen LogP contribution in [0.3, 0.4) is 0 Å². The van der Waals surface area contributed by atoms with Crippen molar-refractivity contribution in [3.63, 3.8) is 0 Å². The maximum absolute atomic E-state index is 10.6. The molecule has 0 aliphatic carbocycles. The molecule has 0 amide bonds. The van der Waals surface area contributed by atoms with Crippen LogP contribution in [0.15, 0.2) is 24.3 Å². The van der Waals surface area contributed by atoms with Crippen LogP contribution in [0.2, 0.25) is 0 Å². The van der Waals surface area contributed by atoms with Gasteiger partial charge in [-0.05, 0) is 49.4 Å². The van der Waals surface area contributed by atoms with Crippen LogP contribution in [0.25, 0.3) is 0 Å². The van der Waals surface area contributed by atoms with Crippen molar-refractivity contribution in [2.45, 2.75) is 25.0 Å². The molecule has 2 rings (SSSR count). The lowest BCUT2D eigenvalue weighted by Crippen LogP contribution is -2.28. The van der Waals surface area contributed by atoms with E-state index in [1.165, 1.54) is 18.4 Å². The lowest BCUT2D eigenvalue weighted by Gasteiger charge is -2.22. The monoisotopic (exact) mass is 252 g/mol. The number of benzene rings is 1. The van der Waals surface area contributed by atoms with Gasteiger partial charge in [-0.1, -0.05) is 35.3 Å². The van der Waals surface area contributed by atoms with Gasteiger partial charge in [0, 0.05) is 5.75 Å². The third-order valence-corrected chi connectivity index (χ3v) is 3.86. The highest BCUT2D eigenvalue weighted by Gasteiger charge is 2.13. The van der Waals surface area contributed by atoms with Crippen molar-refractivity contribution in [2.24, 2.45) is 5.92 Å². The van der Waals surface area contributed by atoms with Gasteiger partial charge in [0.15, 0.2) is 0 Å². The Morgan fingerprint density at radius 3 is 2.35 bits per heavy atom. The molecule has 1 aliphatic heterocycles. The van der Waals surface area contributed by atoms with E-state index in [9.17, 15) is 8.76 Å². The molecule has 1 unspecified atom stereocenters. The van der Waals surface area contributed by atoms with Crippen molar-refractivity contribution in [1.29, 1.82) is 0 Å². The first kappa shape index (κ1) is 12.7. The zero-order chi connectivity index (χ0) is 12.1. The zero-order valence-electron chi connectivity index (χ0n) is 9.85. The van der Waals surface area contributed by atoms with Gasteiger partial charge in [0.1, 0.15) is 0 Å². The molecule has 1 saturated heterocycles. The maximum Gasteiger partial charge on any atom is 0.0353 e. The quantitative estimate of drug-likeness (QED) is 0.828. The van der Waals surface area contributed by atoms with E-state index >= 15 is 0 Å². The fraction of sp³-hybridized carbons (Fsp3) is 0.538. The molecule has 1 aliphatic rings. The molecule has 94 valence electrons.